The molecule has 1 aliphatic rings. The van der Waals surface area contributed by atoms with Crippen molar-refractivity contribution in [3.63, 3.8) is 0 Å². The van der Waals surface area contributed by atoms with Crippen molar-refractivity contribution in [3.8, 4) is 5.75 Å². The van der Waals surface area contributed by atoms with Crippen LogP contribution in [0.15, 0.2) is 40.9 Å². The van der Waals surface area contributed by atoms with Crippen LogP contribution in [0.25, 0.3) is 0 Å². The molecular weight excluding hydrogens is 352 g/mol. The predicted octanol–water partition coefficient (Wildman–Crippen LogP) is 5.21. The van der Waals surface area contributed by atoms with E-state index in [-0.39, 0.29) is 5.38 Å². The third-order valence-corrected chi connectivity index (χ3v) is 4.77. The molecule has 0 aliphatic carbocycles. The zero-order valence-corrected chi connectivity index (χ0v) is 14.1. The van der Waals surface area contributed by atoms with Gasteiger partial charge >= 0.3 is 0 Å². The molecule has 0 N–H and O–H groups in total. The highest BCUT2D eigenvalue weighted by atomic mass is 79.9. The second-order valence-electron chi connectivity index (χ2n) is 5.00. The minimum absolute atomic E-state index is 0.194. The van der Waals surface area contributed by atoms with Crippen molar-refractivity contribution in [1.29, 1.82) is 0 Å². The molecular formula is C17H16BrClO2. The van der Waals surface area contributed by atoms with Crippen LogP contribution >= 0.6 is 27.5 Å². The third kappa shape index (κ3) is 3.10. The lowest BCUT2D eigenvalue weighted by Crippen LogP contribution is -1.98. The molecule has 2 aromatic carbocycles. The summed E-state index contributed by atoms with van der Waals surface area (Å²) in [6, 6.07) is 12.3. The highest BCUT2D eigenvalue weighted by Gasteiger charge is 2.18. The second-order valence-corrected chi connectivity index (χ2v) is 6.29. The summed E-state index contributed by atoms with van der Waals surface area (Å²) in [5, 5.41) is -0.194. The van der Waals surface area contributed by atoms with Crippen LogP contribution < -0.4 is 4.74 Å². The van der Waals surface area contributed by atoms with Crippen LogP contribution in [0.1, 0.15) is 34.6 Å². The summed E-state index contributed by atoms with van der Waals surface area (Å²) in [4.78, 5) is 0. The number of rotatable bonds is 4. The molecule has 2 nitrogen and oxygen atoms in total. The molecule has 4 heteroatoms. The molecule has 0 saturated carbocycles. The number of benzene rings is 2. The van der Waals surface area contributed by atoms with Gasteiger partial charge in [-0.1, -0.05) is 40.2 Å². The van der Waals surface area contributed by atoms with Crippen LogP contribution in [-0.4, -0.2) is 6.61 Å². The van der Waals surface area contributed by atoms with Crippen molar-refractivity contribution in [2.75, 3.05) is 6.61 Å². The van der Waals surface area contributed by atoms with Crippen LogP contribution in [0.3, 0.4) is 0 Å². The number of hydrogen-bond donors (Lipinski definition) is 0. The standard InChI is InChI=1S/C17H16BrClO2/c1-2-21-14-5-6-15(16(18)8-14)17(19)11-3-4-12-9-20-10-13(12)7-11/h3-8,17H,2,9-10H2,1H3. The molecule has 21 heavy (non-hydrogen) atoms. The van der Waals surface area contributed by atoms with E-state index in [0.29, 0.717) is 19.8 Å². The Morgan fingerprint density at radius 2 is 2.00 bits per heavy atom. The number of fused-ring (bicyclic) bond motifs is 1. The summed E-state index contributed by atoms with van der Waals surface area (Å²) in [5.74, 6) is 0.847. The third-order valence-electron chi connectivity index (χ3n) is 3.59. The van der Waals surface area contributed by atoms with E-state index >= 15 is 0 Å². The quantitative estimate of drug-likeness (QED) is 0.691. The number of halogens is 2. The van der Waals surface area contributed by atoms with E-state index in [1.54, 1.807) is 0 Å². The van der Waals surface area contributed by atoms with E-state index in [4.69, 9.17) is 21.1 Å². The lowest BCUT2D eigenvalue weighted by atomic mass is 10.00. The van der Waals surface area contributed by atoms with Gasteiger partial charge in [-0.2, -0.15) is 0 Å². The molecule has 3 rings (SSSR count). The number of ether oxygens (including phenoxy) is 2. The maximum Gasteiger partial charge on any atom is 0.120 e. The molecule has 1 atom stereocenters. The smallest absolute Gasteiger partial charge is 0.120 e. The van der Waals surface area contributed by atoms with Crippen molar-refractivity contribution >= 4 is 27.5 Å². The maximum atomic E-state index is 6.66. The average molecular weight is 368 g/mol. The van der Waals surface area contributed by atoms with E-state index < -0.39 is 0 Å². The maximum absolute atomic E-state index is 6.66. The molecule has 0 radical (unpaired) electrons. The summed E-state index contributed by atoms with van der Waals surface area (Å²) >= 11 is 10.2. The molecule has 1 unspecified atom stereocenters. The van der Waals surface area contributed by atoms with E-state index in [1.807, 2.05) is 25.1 Å². The molecule has 0 saturated heterocycles. The van der Waals surface area contributed by atoms with Crippen molar-refractivity contribution in [3.05, 3.63) is 63.1 Å². The second kappa shape index (κ2) is 6.39. The zero-order valence-electron chi connectivity index (χ0n) is 11.7. The molecule has 0 bridgehead atoms. The molecule has 0 spiro atoms. The topological polar surface area (TPSA) is 18.5 Å². The van der Waals surface area contributed by atoms with Crippen LogP contribution in [-0.2, 0) is 18.0 Å². The van der Waals surface area contributed by atoms with E-state index in [1.165, 1.54) is 11.1 Å². The Hall–Kier alpha value is -1.03. The van der Waals surface area contributed by atoms with Gasteiger partial charge in [0.1, 0.15) is 5.75 Å². The summed E-state index contributed by atoms with van der Waals surface area (Å²) in [5.41, 5.74) is 4.62. The first-order valence-corrected chi connectivity index (χ1v) is 8.17. The lowest BCUT2D eigenvalue weighted by molar-refractivity contribution is 0.134. The minimum atomic E-state index is -0.194. The Kier molecular flexibility index (Phi) is 4.53. The lowest BCUT2D eigenvalue weighted by Gasteiger charge is -2.14. The molecule has 1 heterocycles. The van der Waals surface area contributed by atoms with E-state index in [0.717, 1.165) is 21.3 Å². The molecule has 0 fully saturated rings. The molecule has 1 aliphatic heterocycles. The summed E-state index contributed by atoms with van der Waals surface area (Å²) in [6.07, 6.45) is 0. The molecule has 0 amide bonds. The zero-order chi connectivity index (χ0) is 14.8. The average Bonchev–Trinajstić information content (AvgIpc) is 2.94. The van der Waals surface area contributed by atoms with Gasteiger partial charge in [0.2, 0.25) is 0 Å². The molecule has 0 aromatic heterocycles. The Labute approximate surface area is 138 Å². The monoisotopic (exact) mass is 366 g/mol. The van der Waals surface area contributed by atoms with Crippen LogP contribution in [0.4, 0.5) is 0 Å². The largest absolute Gasteiger partial charge is 0.494 e. The van der Waals surface area contributed by atoms with Gasteiger partial charge in [-0.15, -0.1) is 11.6 Å². The first-order valence-electron chi connectivity index (χ1n) is 6.94. The fourth-order valence-corrected chi connectivity index (χ4v) is 3.54. The minimum Gasteiger partial charge on any atom is -0.494 e. The number of alkyl halides is 1. The van der Waals surface area contributed by atoms with Crippen molar-refractivity contribution in [1.82, 2.24) is 0 Å². The molecule has 110 valence electrons. The van der Waals surface area contributed by atoms with Crippen LogP contribution in [0, 0.1) is 0 Å². The van der Waals surface area contributed by atoms with Gasteiger partial charge in [-0.25, -0.2) is 0 Å². The SMILES string of the molecule is CCOc1ccc(C(Cl)c2ccc3c(c2)COC3)c(Br)c1. The Bertz CT molecular complexity index is 657. The van der Waals surface area contributed by atoms with Crippen LogP contribution in [0.5, 0.6) is 5.75 Å². The van der Waals surface area contributed by atoms with E-state index in [2.05, 4.69) is 34.1 Å². The van der Waals surface area contributed by atoms with Crippen molar-refractivity contribution in [2.45, 2.75) is 25.5 Å². The van der Waals surface area contributed by atoms with Gasteiger partial charge in [-0.3, -0.25) is 0 Å². The normalized spacial score (nSPS) is 14.8. The number of hydrogen-bond acceptors (Lipinski definition) is 2. The van der Waals surface area contributed by atoms with Gasteiger partial charge in [0, 0.05) is 4.47 Å². The van der Waals surface area contributed by atoms with E-state index in [9.17, 15) is 0 Å². The van der Waals surface area contributed by atoms with Gasteiger partial charge in [0.05, 0.1) is 25.2 Å². The first-order chi connectivity index (χ1) is 10.2. The van der Waals surface area contributed by atoms with Crippen molar-refractivity contribution in [2.24, 2.45) is 0 Å². The molecule has 2 aromatic rings. The Morgan fingerprint density at radius 3 is 2.76 bits per heavy atom. The highest BCUT2D eigenvalue weighted by Crippen LogP contribution is 2.37. The Morgan fingerprint density at radius 1 is 1.19 bits per heavy atom. The summed E-state index contributed by atoms with van der Waals surface area (Å²) in [6.45, 7) is 4.01. The summed E-state index contributed by atoms with van der Waals surface area (Å²) in [7, 11) is 0. The van der Waals surface area contributed by atoms with Crippen molar-refractivity contribution < 1.29 is 9.47 Å². The highest BCUT2D eigenvalue weighted by molar-refractivity contribution is 9.10. The predicted molar refractivity (Wildman–Crippen MR) is 87.9 cm³/mol. The summed E-state index contributed by atoms with van der Waals surface area (Å²) < 4.78 is 11.9. The van der Waals surface area contributed by atoms with Gasteiger partial charge in [0.25, 0.3) is 0 Å². The fraction of sp³-hybridized carbons (Fsp3) is 0.294. The van der Waals surface area contributed by atoms with Gasteiger partial charge in [0.15, 0.2) is 0 Å². The first kappa shape index (κ1) is 14.9. The van der Waals surface area contributed by atoms with Crippen LogP contribution in [0.2, 0.25) is 0 Å². The Balaban J connectivity index is 1.89. The fourth-order valence-electron chi connectivity index (χ4n) is 2.50. The van der Waals surface area contributed by atoms with Gasteiger partial charge in [-0.05, 0) is 41.3 Å². The van der Waals surface area contributed by atoms with Gasteiger partial charge < -0.3 is 9.47 Å².